The van der Waals surface area contributed by atoms with E-state index in [0.717, 1.165) is 30.7 Å². The number of ether oxygens (including phenoxy) is 1. The number of nitroso groups, excluding NO2 is 1. The summed E-state index contributed by atoms with van der Waals surface area (Å²) in [5.74, 6) is -1.93. The first-order valence-corrected chi connectivity index (χ1v) is 10.2. The molecule has 2 aliphatic rings. The molecule has 1 saturated carbocycles. The van der Waals surface area contributed by atoms with E-state index in [9.17, 15) is 24.4 Å². The molecule has 0 spiro atoms. The van der Waals surface area contributed by atoms with Gasteiger partial charge < -0.3 is 14.7 Å². The van der Waals surface area contributed by atoms with E-state index < -0.39 is 36.0 Å². The lowest BCUT2D eigenvalue weighted by Crippen LogP contribution is -2.55. The van der Waals surface area contributed by atoms with E-state index in [4.69, 9.17) is 4.74 Å². The molecule has 1 saturated heterocycles. The van der Waals surface area contributed by atoms with Gasteiger partial charge in [0.05, 0.1) is 11.9 Å². The van der Waals surface area contributed by atoms with Crippen LogP contribution < -0.4 is 0 Å². The lowest BCUT2D eigenvalue weighted by molar-refractivity contribution is -0.157. The second kappa shape index (κ2) is 9.84. The first-order chi connectivity index (χ1) is 13.4. The lowest BCUT2D eigenvalue weighted by atomic mass is 9.84. The van der Waals surface area contributed by atoms with Crippen LogP contribution in [0, 0.1) is 10.8 Å². The first kappa shape index (κ1) is 22.1. The number of esters is 1. The second-order valence-corrected chi connectivity index (χ2v) is 7.64. The minimum atomic E-state index is -1.04. The lowest BCUT2D eigenvalue weighted by Gasteiger charge is -2.37. The number of likely N-dealkylation sites (tertiary alicyclic amines) is 1. The van der Waals surface area contributed by atoms with Gasteiger partial charge in [-0.1, -0.05) is 26.2 Å². The number of carboxylic acid groups (broad SMARTS) is 1. The van der Waals surface area contributed by atoms with Crippen LogP contribution in [0.5, 0.6) is 0 Å². The van der Waals surface area contributed by atoms with Crippen molar-refractivity contribution in [2.75, 3.05) is 6.61 Å². The van der Waals surface area contributed by atoms with Crippen LogP contribution in [-0.2, 0) is 19.1 Å². The van der Waals surface area contributed by atoms with Gasteiger partial charge in [0.15, 0.2) is 0 Å². The Balaban J connectivity index is 2.26. The predicted octanol–water partition coefficient (Wildman–Crippen LogP) is 2.33. The number of fused-ring (bicyclic) bond motifs is 1. The molecule has 0 aromatic rings. The molecule has 28 heavy (non-hydrogen) atoms. The Morgan fingerprint density at radius 2 is 1.93 bits per heavy atom. The normalized spacial score (nSPS) is 26.1. The number of amides is 1. The molecule has 5 atom stereocenters. The summed E-state index contributed by atoms with van der Waals surface area (Å²) in [6, 6.07) is -3.04. The molecule has 158 valence electrons. The molecule has 0 aromatic heterocycles. The van der Waals surface area contributed by atoms with Crippen molar-refractivity contribution in [3.05, 3.63) is 4.91 Å². The van der Waals surface area contributed by atoms with Gasteiger partial charge in [-0.25, -0.2) is 14.6 Å². The van der Waals surface area contributed by atoms with Gasteiger partial charge in [0.2, 0.25) is 5.91 Å². The molecule has 1 aliphatic heterocycles. The third-order valence-electron chi connectivity index (χ3n) is 5.92. The van der Waals surface area contributed by atoms with E-state index in [0.29, 0.717) is 19.3 Å². The van der Waals surface area contributed by atoms with E-state index in [1.807, 2.05) is 6.92 Å². The van der Waals surface area contributed by atoms with Gasteiger partial charge in [0.25, 0.3) is 0 Å². The van der Waals surface area contributed by atoms with Crippen LogP contribution in [0.3, 0.4) is 0 Å². The highest BCUT2D eigenvalue weighted by molar-refractivity contribution is 5.88. The maximum absolute atomic E-state index is 13.3. The van der Waals surface area contributed by atoms with Crippen LogP contribution in [0.1, 0.15) is 65.7 Å². The fourth-order valence-electron chi connectivity index (χ4n) is 4.59. The maximum atomic E-state index is 13.3. The van der Waals surface area contributed by atoms with Gasteiger partial charge in [-0.2, -0.15) is 0 Å². The largest absolute Gasteiger partial charge is 0.480 e. The molecule has 2 rings (SSSR count). The molecule has 1 amide bonds. The van der Waals surface area contributed by atoms with Gasteiger partial charge in [0.1, 0.15) is 18.1 Å². The molecular weight excluding hydrogens is 366 g/mol. The molecule has 0 bridgehead atoms. The average molecular weight is 397 g/mol. The number of rotatable bonds is 9. The topological polar surface area (TPSA) is 117 Å². The molecular formula is C19H31N3O6. The summed E-state index contributed by atoms with van der Waals surface area (Å²) in [7, 11) is 0. The highest BCUT2D eigenvalue weighted by atomic mass is 16.5. The molecule has 1 aliphatic carbocycles. The van der Waals surface area contributed by atoms with Gasteiger partial charge in [-0.05, 0) is 45.4 Å². The van der Waals surface area contributed by atoms with Crippen molar-refractivity contribution >= 4 is 17.8 Å². The Morgan fingerprint density at radius 1 is 1.25 bits per heavy atom. The van der Waals surface area contributed by atoms with Crippen molar-refractivity contribution in [2.45, 2.75) is 89.9 Å². The van der Waals surface area contributed by atoms with E-state index in [1.54, 1.807) is 6.92 Å². The number of aliphatic carboxylic acids is 1. The summed E-state index contributed by atoms with van der Waals surface area (Å²) in [5, 5.41) is 13.5. The van der Waals surface area contributed by atoms with Crippen molar-refractivity contribution in [1.29, 1.82) is 0 Å². The zero-order valence-electron chi connectivity index (χ0n) is 16.9. The van der Waals surface area contributed by atoms with Crippen LogP contribution in [0.4, 0.5) is 0 Å². The number of carbonyl (C=O) groups excluding carboxylic acids is 2. The number of carbonyl (C=O) groups is 3. The third-order valence-corrected chi connectivity index (χ3v) is 5.92. The van der Waals surface area contributed by atoms with Crippen molar-refractivity contribution in [2.24, 2.45) is 11.2 Å². The minimum Gasteiger partial charge on any atom is -0.480 e. The van der Waals surface area contributed by atoms with E-state index >= 15 is 0 Å². The van der Waals surface area contributed by atoms with Crippen LogP contribution in [0.15, 0.2) is 5.29 Å². The summed E-state index contributed by atoms with van der Waals surface area (Å²) < 4.78 is 5.04. The van der Waals surface area contributed by atoms with E-state index in [1.165, 1.54) is 11.8 Å². The fourth-order valence-corrected chi connectivity index (χ4v) is 4.59. The van der Waals surface area contributed by atoms with Crippen LogP contribution in [0.2, 0.25) is 0 Å². The monoisotopic (exact) mass is 397 g/mol. The molecule has 1 heterocycles. The smallest absolute Gasteiger partial charge is 0.330 e. The third kappa shape index (κ3) is 4.44. The maximum Gasteiger partial charge on any atom is 0.330 e. The molecule has 9 heteroatoms. The Bertz CT molecular complexity index is 598. The minimum absolute atomic E-state index is 0.134. The van der Waals surface area contributed by atoms with Gasteiger partial charge >= 0.3 is 11.9 Å². The van der Waals surface area contributed by atoms with Crippen molar-refractivity contribution in [3.8, 4) is 0 Å². The number of carboxylic acids is 1. The van der Waals surface area contributed by atoms with Crippen molar-refractivity contribution in [1.82, 2.24) is 9.91 Å². The predicted molar refractivity (Wildman–Crippen MR) is 101 cm³/mol. The van der Waals surface area contributed by atoms with Crippen LogP contribution in [0.25, 0.3) is 0 Å². The molecule has 0 aromatic carbocycles. The molecule has 0 unspecified atom stereocenters. The van der Waals surface area contributed by atoms with Crippen LogP contribution >= 0.6 is 0 Å². The number of hydrogen-bond acceptors (Lipinski definition) is 6. The summed E-state index contributed by atoms with van der Waals surface area (Å²) >= 11 is 0. The molecule has 1 N–H and O–H groups in total. The van der Waals surface area contributed by atoms with E-state index in [-0.39, 0.29) is 18.6 Å². The van der Waals surface area contributed by atoms with E-state index in [2.05, 4.69) is 5.29 Å². The summed E-state index contributed by atoms with van der Waals surface area (Å²) in [5.41, 5.74) is 0. The van der Waals surface area contributed by atoms with Gasteiger partial charge in [0, 0.05) is 6.04 Å². The SMILES string of the molecule is CCC[C@H](C(=O)OCC)N(N=O)[C@@H](C)C(=O)N1[C@H](C(=O)O)C[C@@H]2CCCC[C@@H]21. The fraction of sp³-hybridized carbons (Fsp3) is 0.842. The summed E-state index contributed by atoms with van der Waals surface area (Å²) in [6.45, 7) is 5.18. The summed E-state index contributed by atoms with van der Waals surface area (Å²) in [6.07, 6.45) is 5.00. The van der Waals surface area contributed by atoms with Crippen LogP contribution in [-0.4, -0.2) is 63.6 Å². The second-order valence-electron chi connectivity index (χ2n) is 7.64. The standard InChI is InChI=1S/C19H31N3O6/c1-4-8-15(19(26)28-5-2)22(20-27)12(3)17(23)21-14-10-7-6-9-13(14)11-16(21)18(24)25/h12-16H,4-11H2,1-3H3,(H,24,25)/t12-,13-,14-,15+,16-/m0/s1. The number of nitrogens with zero attached hydrogens (tertiary/aromatic N) is 3. The molecule has 2 fully saturated rings. The van der Waals surface area contributed by atoms with Crippen molar-refractivity contribution < 1.29 is 24.2 Å². The average Bonchev–Trinajstić information content (AvgIpc) is 3.07. The summed E-state index contributed by atoms with van der Waals surface area (Å²) in [4.78, 5) is 50.4. The van der Waals surface area contributed by atoms with Crippen molar-refractivity contribution in [3.63, 3.8) is 0 Å². The molecule has 9 nitrogen and oxygen atoms in total. The highest BCUT2D eigenvalue weighted by Crippen LogP contribution is 2.40. The zero-order chi connectivity index (χ0) is 20.8. The Labute approximate surface area is 165 Å². The number of hydrogen-bond donors (Lipinski definition) is 1. The quantitative estimate of drug-likeness (QED) is 0.360. The Morgan fingerprint density at radius 3 is 2.50 bits per heavy atom. The highest BCUT2D eigenvalue weighted by Gasteiger charge is 2.49. The molecule has 0 radical (unpaired) electrons. The van der Waals surface area contributed by atoms with Gasteiger partial charge in [-0.3, -0.25) is 4.79 Å². The Hall–Kier alpha value is -2.19. The first-order valence-electron chi connectivity index (χ1n) is 10.2. The zero-order valence-corrected chi connectivity index (χ0v) is 16.9. The van der Waals surface area contributed by atoms with Gasteiger partial charge in [-0.15, -0.1) is 4.91 Å². The Kier molecular flexibility index (Phi) is 7.77.